The third kappa shape index (κ3) is 7.15. The van der Waals surface area contributed by atoms with Gasteiger partial charge in [0.15, 0.2) is 37.0 Å². The number of benzene rings is 1. The molecular weight excluding hydrogens is 565 g/mol. The molecule has 1 saturated carbocycles. The van der Waals surface area contributed by atoms with Gasteiger partial charge in [0.2, 0.25) is 0 Å². The zero-order valence-corrected chi connectivity index (χ0v) is 29.3. The Morgan fingerprint density at radius 2 is 1.67 bits per heavy atom. The fourth-order valence-corrected chi connectivity index (χ4v) is 9.65. The molecular formula is C34H54O6SSi. The average molecular weight is 619 g/mol. The maximum Gasteiger partial charge on any atom is 0.195 e. The first kappa shape index (κ1) is 33.6. The Kier molecular flexibility index (Phi) is 10.4. The summed E-state index contributed by atoms with van der Waals surface area (Å²) >= 11 is 0. The predicted octanol–water partition coefficient (Wildman–Crippen LogP) is 8.19. The highest BCUT2D eigenvalue weighted by molar-refractivity contribution is 7.92. The minimum absolute atomic E-state index is 0.0175. The third-order valence-corrected chi connectivity index (χ3v) is 16.7. The SMILES string of the molecule is CO[C@@H]1O[C@H]2OC(O[Si](C)(C)C(C)(C)C)C(CC(/C=C(\C)CCC=C(C)C)S(=O)(=O)c3ccc(C)cc3)[C@H]3CC[C@@H]1[C@@H]23. The van der Waals surface area contributed by atoms with Crippen molar-refractivity contribution in [3.8, 4) is 0 Å². The highest BCUT2D eigenvalue weighted by Crippen LogP contribution is 2.57. The van der Waals surface area contributed by atoms with Crippen molar-refractivity contribution < 1.29 is 27.1 Å². The second-order valence-corrected chi connectivity index (χ2v) is 21.5. The molecule has 0 amide bonds. The fourth-order valence-electron chi connectivity index (χ4n) is 6.73. The first-order valence-electron chi connectivity index (χ1n) is 15.7. The summed E-state index contributed by atoms with van der Waals surface area (Å²) in [7, 11) is -4.20. The van der Waals surface area contributed by atoms with Crippen LogP contribution in [0.3, 0.4) is 0 Å². The van der Waals surface area contributed by atoms with E-state index in [9.17, 15) is 8.42 Å². The van der Waals surface area contributed by atoms with Gasteiger partial charge in [0.05, 0.1) is 10.1 Å². The van der Waals surface area contributed by atoms with Crippen molar-refractivity contribution in [1.29, 1.82) is 0 Å². The van der Waals surface area contributed by atoms with E-state index in [0.717, 1.165) is 36.8 Å². The Hall–Kier alpha value is -1.29. The van der Waals surface area contributed by atoms with Crippen LogP contribution in [-0.2, 0) is 28.5 Å². The number of sulfone groups is 1. The first-order valence-corrected chi connectivity index (χ1v) is 20.1. The van der Waals surface area contributed by atoms with Crippen molar-refractivity contribution in [2.24, 2.45) is 23.7 Å². The molecule has 4 rings (SSSR count). The van der Waals surface area contributed by atoms with Crippen LogP contribution in [-0.4, -0.2) is 48.0 Å². The van der Waals surface area contributed by atoms with E-state index >= 15 is 0 Å². The summed E-state index contributed by atoms with van der Waals surface area (Å²) < 4.78 is 54.3. The first-order chi connectivity index (χ1) is 19.5. The van der Waals surface area contributed by atoms with Gasteiger partial charge < -0.3 is 18.6 Å². The van der Waals surface area contributed by atoms with Crippen LogP contribution in [0.25, 0.3) is 0 Å². The molecule has 2 heterocycles. The molecule has 3 fully saturated rings. The molecule has 8 atom stereocenters. The fraction of sp³-hybridized carbons (Fsp3) is 0.706. The number of allylic oxidation sites excluding steroid dienone is 3. The van der Waals surface area contributed by atoms with Crippen LogP contribution in [0.15, 0.2) is 52.5 Å². The molecule has 0 spiro atoms. The lowest BCUT2D eigenvalue weighted by atomic mass is 9.76. The summed E-state index contributed by atoms with van der Waals surface area (Å²) in [5.74, 6) is 0.620. The van der Waals surface area contributed by atoms with Crippen LogP contribution in [0.4, 0.5) is 0 Å². The summed E-state index contributed by atoms with van der Waals surface area (Å²) in [4.78, 5) is 0.371. The zero-order chi connectivity index (χ0) is 31.0. The molecule has 0 aromatic heterocycles. The van der Waals surface area contributed by atoms with Gasteiger partial charge in [0.25, 0.3) is 0 Å². The van der Waals surface area contributed by atoms with Crippen LogP contribution in [0.1, 0.15) is 79.2 Å². The van der Waals surface area contributed by atoms with Crippen LogP contribution < -0.4 is 0 Å². The molecule has 236 valence electrons. The Labute approximate surface area is 256 Å². The molecule has 0 bridgehead atoms. The predicted molar refractivity (Wildman–Crippen MR) is 171 cm³/mol. The van der Waals surface area contributed by atoms with Gasteiger partial charge in [-0.3, -0.25) is 0 Å². The zero-order valence-electron chi connectivity index (χ0n) is 27.5. The summed E-state index contributed by atoms with van der Waals surface area (Å²) in [6.45, 7) is 19.4. The molecule has 42 heavy (non-hydrogen) atoms. The molecule has 1 aliphatic carbocycles. The smallest absolute Gasteiger partial charge is 0.195 e. The average Bonchev–Trinajstić information content (AvgIpc) is 3.47. The largest absolute Gasteiger partial charge is 0.392 e. The van der Waals surface area contributed by atoms with Crippen LogP contribution in [0, 0.1) is 30.6 Å². The van der Waals surface area contributed by atoms with Crippen molar-refractivity contribution in [3.05, 3.63) is 53.1 Å². The summed E-state index contributed by atoms with van der Waals surface area (Å²) in [6, 6.07) is 7.27. The van der Waals surface area contributed by atoms with E-state index in [-0.39, 0.29) is 41.3 Å². The van der Waals surface area contributed by atoms with Gasteiger partial charge in [0, 0.05) is 24.9 Å². The van der Waals surface area contributed by atoms with Crippen molar-refractivity contribution in [2.45, 2.75) is 128 Å². The molecule has 1 aromatic rings. The summed E-state index contributed by atoms with van der Waals surface area (Å²) in [5, 5.41) is -0.696. The third-order valence-electron chi connectivity index (χ3n) is 10.2. The van der Waals surface area contributed by atoms with Crippen molar-refractivity contribution in [3.63, 3.8) is 0 Å². The number of methoxy groups -OCH3 is 1. The van der Waals surface area contributed by atoms with Gasteiger partial charge >= 0.3 is 0 Å². The van der Waals surface area contributed by atoms with Gasteiger partial charge in [-0.15, -0.1) is 0 Å². The minimum Gasteiger partial charge on any atom is -0.392 e. The molecule has 2 saturated heterocycles. The van der Waals surface area contributed by atoms with Gasteiger partial charge in [-0.2, -0.15) is 0 Å². The summed E-state index contributed by atoms with van der Waals surface area (Å²) in [5.41, 5.74) is 3.41. The Morgan fingerprint density at radius 3 is 2.26 bits per heavy atom. The van der Waals surface area contributed by atoms with Crippen molar-refractivity contribution in [1.82, 2.24) is 0 Å². The molecule has 3 unspecified atom stereocenters. The maximum absolute atomic E-state index is 14.3. The van der Waals surface area contributed by atoms with E-state index in [0.29, 0.717) is 11.3 Å². The molecule has 2 aliphatic heterocycles. The lowest BCUT2D eigenvalue weighted by Gasteiger charge is -2.47. The van der Waals surface area contributed by atoms with Gasteiger partial charge in [-0.1, -0.05) is 61.8 Å². The van der Waals surface area contributed by atoms with E-state index in [1.54, 1.807) is 19.2 Å². The number of hydrogen-bond donors (Lipinski definition) is 0. The molecule has 0 radical (unpaired) electrons. The topological polar surface area (TPSA) is 71.1 Å². The second-order valence-electron chi connectivity index (χ2n) is 14.6. The molecule has 3 aliphatic rings. The Bertz CT molecular complexity index is 1240. The van der Waals surface area contributed by atoms with Crippen LogP contribution >= 0.6 is 0 Å². The van der Waals surface area contributed by atoms with Crippen LogP contribution in [0.5, 0.6) is 0 Å². The standard InChI is InChI=1S/C34H54O6SSi/c1-22(2)12-11-13-24(4)20-26(41(35,36)25-16-14-23(3)15-17-25)21-29-27-18-19-28-30(27)33(38-31(28)37-8)39-32(29)40-42(9,10)34(5,6)7/h12,14-17,20,26-33H,11,13,18-19,21H2,1-10H3/b24-20+/t26?,27-,28-,29?,30+,31-,32?,33+/m1/s1. The van der Waals surface area contributed by atoms with Gasteiger partial charge in [-0.25, -0.2) is 8.42 Å². The lowest BCUT2D eigenvalue weighted by Crippen LogP contribution is -2.53. The van der Waals surface area contributed by atoms with Gasteiger partial charge in [-0.05, 0) is 96.0 Å². The number of rotatable bonds is 11. The maximum atomic E-state index is 14.3. The van der Waals surface area contributed by atoms with E-state index in [2.05, 4.69) is 60.7 Å². The molecule has 8 heteroatoms. The van der Waals surface area contributed by atoms with Crippen molar-refractivity contribution in [2.75, 3.05) is 7.11 Å². The highest BCUT2D eigenvalue weighted by atomic mass is 32.2. The Morgan fingerprint density at radius 1 is 1.05 bits per heavy atom. The van der Waals surface area contributed by atoms with Crippen LogP contribution in [0.2, 0.25) is 18.1 Å². The van der Waals surface area contributed by atoms with E-state index in [1.165, 1.54) is 5.57 Å². The lowest BCUT2D eigenvalue weighted by molar-refractivity contribution is -0.299. The van der Waals surface area contributed by atoms with Gasteiger partial charge in [0.1, 0.15) is 0 Å². The van der Waals surface area contributed by atoms with Crippen molar-refractivity contribution >= 4 is 18.2 Å². The molecule has 0 N–H and O–H groups in total. The number of ether oxygens (including phenoxy) is 3. The van der Waals surface area contributed by atoms with E-state index in [1.807, 2.05) is 25.1 Å². The Balaban J connectivity index is 1.73. The molecule has 1 aromatic carbocycles. The number of hydrogen-bond acceptors (Lipinski definition) is 6. The molecule has 6 nitrogen and oxygen atoms in total. The monoisotopic (exact) mass is 618 g/mol. The highest BCUT2D eigenvalue weighted by Gasteiger charge is 2.60. The summed E-state index contributed by atoms with van der Waals surface area (Å²) in [6.07, 6.45) is 7.20. The van der Waals surface area contributed by atoms with E-state index in [4.69, 9.17) is 18.6 Å². The minimum atomic E-state index is -3.65. The van der Waals surface area contributed by atoms with E-state index < -0.39 is 29.7 Å². The quantitative estimate of drug-likeness (QED) is 0.184. The number of aryl methyl sites for hydroxylation is 1. The second kappa shape index (κ2) is 13.0. The normalized spacial score (nSPS) is 30.7.